The number of anilines is 1. The third-order valence-electron chi connectivity index (χ3n) is 5.97. The highest BCUT2D eigenvalue weighted by molar-refractivity contribution is 7.89. The number of carbonyl (C=O) groups is 2. The number of sulfonamides is 1. The molecule has 1 aromatic rings. The minimum Gasteiger partial charge on any atom is -0.466 e. The first kappa shape index (κ1) is 31.7. The molecule has 0 saturated carbocycles. The molecule has 0 unspecified atom stereocenters. The van der Waals surface area contributed by atoms with Crippen molar-refractivity contribution in [1.82, 2.24) is 19.4 Å². The zero-order valence-electron chi connectivity index (χ0n) is 21.7. The molecule has 0 aromatic heterocycles. The molecule has 14 heteroatoms. The summed E-state index contributed by atoms with van der Waals surface area (Å²) in [4.78, 5) is 28.8. The lowest BCUT2D eigenvalue weighted by atomic mass is 10.2. The van der Waals surface area contributed by atoms with Gasteiger partial charge in [0.1, 0.15) is 0 Å². The highest BCUT2D eigenvalue weighted by Gasteiger charge is 2.38. The van der Waals surface area contributed by atoms with Crippen LogP contribution in [0.4, 0.5) is 18.9 Å². The number of rotatable bonds is 14. The van der Waals surface area contributed by atoms with Crippen LogP contribution < -0.4 is 10.0 Å². The zero-order valence-corrected chi connectivity index (χ0v) is 22.5. The van der Waals surface area contributed by atoms with Crippen molar-refractivity contribution in [2.45, 2.75) is 23.9 Å². The van der Waals surface area contributed by atoms with Crippen LogP contribution in [0.15, 0.2) is 41.3 Å². The maximum absolute atomic E-state index is 12.4. The number of esters is 1. The van der Waals surface area contributed by atoms with Crippen molar-refractivity contribution in [2.75, 3.05) is 78.4 Å². The number of halogens is 3. The van der Waals surface area contributed by atoms with Crippen molar-refractivity contribution in [1.29, 1.82) is 0 Å². The molecule has 0 bridgehead atoms. The molecule has 2 N–H and O–H groups in total. The molecule has 1 saturated heterocycles. The number of benzene rings is 1. The number of nitrogens with zero attached hydrogens (tertiary/aromatic N) is 3. The number of amides is 1. The normalized spacial score (nSPS) is 15.7. The summed E-state index contributed by atoms with van der Waals surface area (Å²) in [6.07, 6.45) is -0.194. The maximum Gasteiger partial charge on any atom is 0.471 e. The van der Waals surface area contributed by atoms with Crippen LogP contribution in [0.5, 0.6) is 0 Å². The van der Waals surface area contributed by atoms with Gasteiger partial charge in [0.25, 0.3) is 0 Å². The van der Waals surface area contributed by atoms with Gasteiger partial charge in [0.05, 0.1) is 12.0 Å². The summed E-state index contributed by atoms with van der Waals surface area (Å²) in [5, 5.41) is 1.67. The number of carbonyl (C=O) groups excluding carboxylic acids is 2. The SMILES string of the molecule is COC(=O)/C=C/CN(C)CCCN1CCN(CCCNS(=O)(=O)c2ccc(NC(=O)C(F)(F)F)cc2)CC1. The molecule has 214 valence electrons. The lowest BCUT2D eigenvalue weighted by Gasteiger charge is -2.35. The van der Waals surface area contributed by atoms with Crippen LogP contribution in [0, 0.1) is 0 Å². The summed E-state index contributed by atoms with van der Waals surface area (Å²) in [6, 6.07) is 4.50. The van der Waals surface area contributed by atoms with Gasteiger partial charge >= 0.3 is 18.1 Å². The highest BCUT2D eigenvalue weighted by atomic mass is 32.2. The Kier molecular flexibility index (Phi) is 12.7. The third-order valence-corrected chi connectivity index (χ3v) is 7.45. The molecule has 1 fully saturated rings. The summed E-state index contributed by atoms with van der Waals surface area (Å²) in [6.45, 7) is 7.22. The number of methoxy groups -OCH3 is 1. The number of hydrogen-bond donors (Lipinski definition) is 2. The van der Waals surface area contributed by atoms with Gasteiger partial charge < -0.3 is 24.8 Å². The minimum atomic E-state index is -5.03. The largest absolute Gasteiger partial charge is 0.471 e. The van der Waals surface area contributed by atoms with Gasteiger partial charge in [-0.2, -0.15) is 13.2 Å². The smallest absolute Gasteiger partial charge is 0.466 e. The molecule has 1 aromatic carbocycles. The summed E-state index contributed by atoms with van der Waals surface area (Å²) in [7, 11) is -0.469. The first-order valence-corrected chi connectivity index (χ1v) is 13.7. The third kappa shape index (κ3) is 11.5. The minimum absolute atomic E-state index is 0.0961. The molecule has 0 spiro atoms. The zero-order chi connectivity index (χ0) is 28.2. The number of hydrogen-bond acceptors (Lipinski definition) is 8. The van der Waals surface area contributed by atoms with E-state index in [4.69, 9.17) is 0 Å². The Morgan fingerprint density at radius 3 is 2.18 bits per heavy atom. The van der Waals surface area contributed by atoms with Crippen LogP contribution in [0.2, 0.25) is 0 Å². The fraction of sp³-hybridized carbons (Fsp3) is 0.583. The Morgan fingerprint density at radius 1 is 1.05 bits per heavy atom. The van der Waals surface area contributed by atoms with Gasteiger partial charge in [0, 0.05) is 51.0 Å². The Bertz CT molecular complexity index is 1030. The first-order valence-electron chi connectivity index (χ1n) is 12.3. The quantitative estimate of drug-likeness (QED) is 0.199. The van der Waals surface area contributed by atoms with Gasteiger partial charge in [0.2, 0.25) is 10.0 Å². The van der Waals surface area contributed by atoms with E-state index >= 15 is 0 Å². The number of piperazine rings is 1. The van der Waals surface area contributed by atoms with E-state index in [0.717, 1.165) is 76.5 Å². The van der Waals surface area contributed by atoms with E-state index in [1.165, 1.54) is 13.2 Å². The molecule has 2 rings (SSSR count). The van der Waals surface area contributed by atoms with Crippen LogP contribution >= 0.6 is 0 Å². The molecular weight excluding hydrogens is 527 g/mol. The molecular formula is C24H36F3N5O5S. The van der Waals surface area contributed by atoms with Crippen LogP contribution in [0.3, 0.4) is 0 Å². The molecule has 10 nitrogen and oxygen atoms in total. The van der Waals surface area contributed by atoms with Gasteiger partial charge in [-0.05, 0) is 63.8 Å². The van der Waals surface area contributed by atoms with Crippen molar-refractivity contribution in [3.8, 4) is 0 Å². The lowest BCUT2D eigenvalue weighted by molar-refractivity contribution is -0.167. The molecule has 1 aliphatic heterocycles. The van der Waals surface area contributed by atoms with Gasteiger partial charge in [-0.25, -0.2) is 17.9 Å². The summed E-state index contributed by atoms with van der Waals surface area (Å²) in [5.41, 5.74) is -0.148. The van der Waals surface area contributed by atoms with Crippen LogP contribution in [0.1, 0.15) is 12.8 Å². The first-order chi connectivity index (χ1) is 17.9. The second-order valence-corrected chi connectivity index (χ2v) is 10.7. The van der Waals surface area contributed by atoms with Gasteiger partial charge in [-0.1, -0.05) is 6.08 Å². The number of likely N-dealkylation sites (N-methyl/N-ethyl adjacent to an activating group) is 1. The monoisotopic (exact) mass is 563 g/mol. The van der Waals surface area contributed by atoms with E-state index in [2.05, 4.69) is 24.2 Å². The van der Waals surface area contributed by atoms with E-state index in [9.17, 15) is 31.2 Å². The van der Waals surface area contributed by atoms with Crippen molar-refractivity contribution >= 4 is 27.6 Å². The van der Waals surface area contributed by atoms with Gasteiger partial charge in [0.15, 0.2) is 0 Å². The lowest BCUT2D eigenvalue weighted by Crippen LogP contribution is -2.47. The average molecular weight is 564 g/mol. The van der Waals surface area contributed by atoms with Gasteiger partial charge in [-0.3, -0.25) is 4.79 Å². The molecule has 0 radical (unpaired) electrons. The van der Waals surface area contributed by atoms with E-state index in [1.807, 2.05) is 7.05 Å². The summed E-state index contributed by atoms with van der Waals surface area (Å²) in [5.74, 6) is -2.48. The number of alkyl halides is 3. The molecule has 38 heavy (non-hydrogen) atoms. The van der Waals surface area contributed by atoms with E-state index in [1.54, 1.807) is 11.4 Å². The standard InChI is InChI=1S/C24H36F3N5O5S/c1-30(12-3-6-22(33)37-2)13-5-15-32-18-16-31(17-19-32)14-4-11-28-38(35,36)21-9-7-20(8-10-21)29-23(34)24(25,26)27/h3,6-10,28H,4-5,11-19H2,1-2H3,(H,29,34)/b6-3+. The van der Waals surface area contributed by atoms with Crippen molar-refractivity contribution in [3.63, 3.8) is 0 Å². The topological polar surface area (TPSA) is 111 Å². The Balaban J connectivity index is 1.61. The number of nitrogens with one attached hydrogen (secondary N) is 2. The van der Waals surface area contributed by atoms with Crippen molar-refractivity contribution < 1.29 is 35.9 Å². The molecule has 0 aliphatic carbocycles. The predicted octanol–water partition coefficient (Wildman–Crippen LogP) is 1.52. The van der Waals surface area contributed by atoms with Crippen LogP contribution in [0.25, 0.3) is 0 Å². The molecule has 1 heterocycles. The Morgan fingerprint density at radius 2 is 1.63 bits per heavy atom. The second kappa shape index (κ2) is 15.2. The van der Waals surface area contributed by atoms with E-state index in [-0.39, 0.29) is 23.1 Å². The van der Waals surface area contributed by atoms with E-state index in [0.29, 0.717) is 13.0 Å². The highest BCUT2D eigenvalue weighted by Crippen LogP contribution is 2.19. The predicted molar refractivity (Wildman–Crippen MR) is 137 cm³/mol. The van der Waals surface area contributed by atoms with Crippen LogP contribution in [-0.4, -0.2) is 114 Å². The molecule has 1 amide bonds. The van der Waals surface area contributed by atoms with Crippen molar-refractivity contribution in [2.24, 2.45) is 0 Å². The summed E-state index contributed by atoms with van der Waals surface area (Å²) < 4.78 is 68.9. The summed E-state index contributed by atoms with van der Waals surface area (Å²) >= 11 is 0. The fourth-order valence-electron chi connectivity index (χ4n) is 3.80. The second-order valence-electron chi connectivity index (χ2n) is 8.95. The Labute approximate surface area is 221 Å². The Hall–Kier alpha value is -2.52. The van der Waals surface area contributed by atoms with Gasteiger partial charge in [-0.15, -0.1) is 0 Å². The van der Waals surface area contributed by atoms with Crippen LogP contribution in [-0.2, 0) is 24.3 Å². The van der Waals surface area contributed by atoms with Crippen molar-refractivity contribution in [3.05, 3.63) is 36.4 Å². The molecule has 1 aliphatic rings. The average Bonchev–Trinajstić information content (AvgIpc) is 2.87. The van der Waals surface area contributed by atoms with E-state index < -0.39 is 22.1 Å². The number of ether oxygens (including phenoxy) is 1. The maximum atomic E-state index is 12.4. The molecule has 0 atom stereocenters. The fourth-order valence-corrected chi connectivity index (χ4v) is 4.87.